The molecule has 6 heteroatoms. The molecule has 0 bridgehead atoms. The van der Waals surface area contributed by atoms with Crippen molar-refractivity contribution in [3.05, 3.63) is 0 Å². The highest BCUT2D eigenvalue weighted by Crippen LogP contribution is 2.22. The van der Waals surface area contributed by atoms with Crippen LogP contribution in [0.15, 0.2) is 0 Å². The number of ether oxygens (including phenoxy) is 1. The lowest BCUT2D eigenvalue weighted by Crippen LogP contribution is -2.19. The number of hydrogen-bond acceptors (Lipinski definition) is 6. The first-order valence-electron chi connectivity index (χ1n) is 7.10. The molecule has 0 saturated heterocycles. The molecule has 2 N–H and O–H groups in total. The maximum Gasteiger partial charge on any atom is 0.323 e. The molecule has 1 aliphatic rings. The van der Waals surface area contributed by atoms with Crippen LogP contribution in [0.4, 0.5) is 11.9 Å². The third kappa shape index (κ3) is 4.22. The molecule has 1 aliphatic carbocycles. The summed E-state index contributed by atoms with van der Waals surface area (Å²) in [5, 5.41) is 6.48. The summed E-state index contributed by atoms with van der Waals surface area (Å²) in [6.07, 6.45) is 4.97. The minimum atomic E-state index is 0.0520. The smallest absolute Gasteiger partial charge is 0.323 e. The van der Waals surface area contributed by atoms with Gasteiger partial charge in [0.1, 0.15) is 0 Å². The highest BCUT2D eigenvalue weighted by Gasteiger charge is 2.17. The van der Waals surface area contributed by atoms with Crippen molar-refractivity contribution in [3.63, 3.8) is 0 Å². The minimum Gasteiger partial charge on any atom is -0.461 e. The van der Waals surface area contributed by atoms with Gasteiger partial charge in [-0.15, -0.1) is 0 Å². The molecule has 19 heavy (non-hydrogen) atoms. The van der Waals surface area contributed by atoms with Crippen molar-refractivity contribution in [2.75, 3.05) is 17.2 Å². The summed E-state index contributed by atoms with van der Waals surface area (Å²) >= 11 is 0. The molecule has 1 aromatic heterocycles. The van der Waals surface area contributed by atoms with Gasteiger partial charge in [0.05, 0.1) is 6.10 Å². The largest absolute Gasteiger partial charge is 0.461 e. The van der Waals surface area contributed by atoms with Crippen LogP contribution in [0.25, 0.3) is 0 Å². The maximum absolute atomic E-state index is 5.56. The molecular formula is C13H23N5O. The minimum absolute atomic E-state index is 0.0520. The summed E-state index contributed by atoms with van der Waals surface area (Å²) in [7, 11) is 0. The van der Waals surface area contributed by atoms with Gasteiger partial charge in [-0.05, 0) is 33.6 Å². The SMILES string of the molecule is CCNc1nc(NC2CCCC2)nc(OC(C)C)n1. The highest BCUT2D eigenvalue weighted by atomic mass is 16.5. The Kier molecular flexibility index (Phi) is 4.76. The van der Waals surface area contributed by atoms with Gasteiger partial charge in [-0.1, -0.05) is 12.8 Å². The van der Waals surface area contributed by atoms with E-state index in [9.17, 15) is 0 Å². The maximum atomic E-state index is 5.56. The Balaban J connectivity index is 2.12. The van der Waals surface area contributed by atoms with Gasteiger partial charge in [0.2, 0.25) is 11.9 Å². The first-order valence-corrected chi connectivity index (χ1v) is 7.10. The summed E-state index contributed by atoms with van der Waals surface area (Å²) in [6.45, 7) is 6.70. The standard InChI is InChI=1S/C13H23N5O/c1-4-14-11-16-12(15-10-7-5-6-8-10)18-13(17-11)19-9(2)3/h9-10H,4-8H2,1-3H3,(H2,14,15,16,17,18). The van der Waals surface area contributed by atoms with Crippen molar-refractivity contribution >= 4 is 11.9 Å². The molecule has 106 valence electrons. The predicted octanol–water partition coefficient (Wildman–Crippen LogP) is 2.45. The molecule has 1 saturated carbocycles. The lowest BCUT2D eigenvalue weighted by molar-refractivity contribution is 0.222. The van der Waals surface area contributed by atoms with E-state index in [1.165, 1.54) is 25.7 Å². The van der Waals surface area contributed by atoms with E-state index in [4.69, 9.17) is 4.74 Å². The summed E-state index contributed by atoms with van der Waals surface area (Å²) < 4.78 is 5.56. The van der Waals surface area contributed by atoms with Crippen LogP contribution in [-0.4, -0.2) is 33.6 Å². The average molecular weight is 265 g/mol. The molecule has 0 radical (unpaired) electrons. The molecule has 0 atom stereocenters. The Morgan fingerprint density at radius 1 is 1.16 bits per heavy atom. The summed E-state index contributed by atoms with van der Waals surface area (Å²) in [6, 6.07) is 0.852. The Bertz CT molecular complexity index is 404. The van der Waals surface area contributed by atoms with Crippen LogP contribution in [0, 0.1) is 0 Å². The van der Waals surface area contributed by atoms with Gasteiger partial charge < -0.3 is 15.4 Å². The van der Waals surface area contributed by atoms with E-state index >= 15 is 0 Å². The van der Waals surface area contributed by atoms with Gasteiger partial charge in [-0.3, -0.25) is 0 Å². The van der Waals surface area contributed by atoms with Gasteiger partial charge in [0.25, 0.3) is 0 Å². The predicted molar refractivity (Wildman–Crippen MR) is 75.6 cm³/mol. The Labute approximate surface area is 114 Å². The Morgan fingerprint density at radius 3 is 2.47 bits per heavy atom. The summed E-state index contributed by atoms with van der Waals surface area (Å²) in [5.74, 6) is 1.17. The number of hydrogen-bond donors (Lipinski definition) is 2. The number of aromatic nitrogens is 3. The molecule has 2 rings (SSSR count). The fourth-order valence-electron chi connectivity index (χ4n) is 2.17. The third-order valence-corrected chi connectivity index (χ3v) is 2.98. The van der Waals surface area contributed by atoms with Crippen LogP contribution in [0.2, 0.25) is 0 Å². The summed E-state index contributed by atoms with van der Waals surface area (Å²) in [5.41, 5.74) is 0. The van der Waals surface area contributed by atoms with Gasteiger partial charge in [0.15, 0.2) is 0 Å². The first-order chi connectivity index (χ1) is 9.17. The van der Waals surface area contributed by atoms with E-state index in [0.29, 0.717) is 23.9 Å². The van der Waals surface area contributed by atoms with E-state index in [2.05, 4.69) is 25.6 Å². The molecule has 0 aromatic carbocycles. The highest BCUT2D eigenvalue weighted by molar-refractivity contribution is 5.36. The van der Waals surface area contributed by atoms with Crippen LogP contribution in [-0.2, 0) is 0 Å². The zero-order chi connectivity index (χ0) is 13.7. The number of nitrogens with zero attached hydrogens (tertiary/aromatic N) is 3. The van der Waals surface area contributed by atoms with E-state index in [-0.39, 0.29) is 6.10 Å². The van der Waals surface area contributed by atoms with Crippen LogP contribution >= 0.6 is 0 Å². The normalized spacial score (nSPS) is 15.8. The average Bonchev–Trinajstić information content (AvgIpc) is 2.81. The van der Waals surface area contributed by atoms with E-state index < -0.39 is 0 Å². The molecule has 1 fully saturated rings. The van der Waals surface area contributed by atoms with Crippen molar-refractivity contribution in [2.45, 2.75) is 58.6 Å². The van der Waals surface area contributed by atoms with Crippen molar-refractivity contribution in [1.82, 2.24) is 15.0 Å². The quantitative estimate of drug-likeness (QED) is 0.823. The van der Waals surface area contributed by atoms with Crippen LogP contribution < -0.4 is 15.4 Å². The molecule has 0 amide bonds. The molecule has 6 nitrogen and oxygen atoms in total. The lowest BCUT2D eigenvalue weighted by Gasteiger charge is -2.14. The second kappa shape index (κ2) is 6.54. The van der Waals surface area contributed by atoms with Gasteiger partial charge in [-0.2, -0.15) is 15.0 Å². The molecule has 0 spiro atoms. The Hall–Kier alpha value is -1.59. The van der Waals surface area contributed by atoms with Gasteiger partial charge in [-0.25, -0.2) is 0 Å². The number of rotatable bonds is 6. The van der Waals surface area contributed by atoms with Gasteiger partial charge >= 0.3 is 6.01 Å². The van der Waals surface area contributed by atoms with Crippen LogP contribution in [0.5, 0.6) is 6.01 Å². The number of nitrogens with one attached hydrogen (secondary N) is 2. The number of anilines is 2. The molecule has 1 heterocycles. The van der Waals surface area contributed by atoms with Crippen molar-refractivity contribution < 1.29 is 4.74 Å². The second-order valence-electron chi connectivity index (χ2n) is 5.09. The van der Waals surface area contributed by atoms with E-state index in [1.54, 1.807) is 0 Å². The molecule has 0 aliphatic heterocycles. The molecular weight excluding hydrogens is 242 g/mol. The fourth-order valence-corrected chi connectivity index (χ4v) is 2.17. The van der Waals surface area contributed by atoms with Crippen LogP contribution in [0.1, 0.15) is 46.5 Å². The first kappa shape index (κ1) is 13.8. The fraction of sp³-hybridized carbons (Fsp3) is 0.769. The van der Waals surface area contributed by atoms with Crippen molar-refractivity contribution in [1.29, 1.82) is 0 Å². The monoisotopic (exact) mass is 265 g/mol. The Morgan fingerprint density at radius 2 is 1.84 bits per heavy atom. The third-order valence-electron chi connectivity index (χ3n) is 2.98. The van der Waals surface area contributed by atoms with E-state index in [1.807, 2.05) is 20.8 Å². The van der Waals surface area contributed by atoms with Crippen LogP contribution in [0.3, 0.4) is 0 Å². The van der Waals surface area contributed by atoms with Crippen molar-refractivity contribution in [3.8, 4) is 6.01 Å². The lowest BCUT2D eigenvalue weighted by atomic mass is 10.3. The molecule has 0 unspecified atom stereocenters. The van der Waals surface area contributed by atoms with Gasteiger partial charge in [0, 0.05) is 12.6 Å². The van der Waals surface area contributed by atoms with Crippen molar-refractivity contribution in [2.24, 2.45) is 0 Å². The zero-order valence-corrected chi connectivity index (χ0v) is 11.9. The molecule has 1 aromatic rings. The summed E-state index contributed by atoms with van der Waals surface area (Å²) in [4.78, 5) is 12.9. The topological polar surface area (TPSA) is 72.0 Å². The van der Waals surface area contributed by atoms with E-state index in [0.717, 1.165) is 6.54 Å². The second-order valence-corrected chi connectivity index (χ2v) is 5.09. The zero-order valence-electron chi connectivity index (χ0n) is 11.9.